The Morgan fingerprint density at radius 3 is 2.80 bits per heavy atom. The summed E-state index contributed by atoms with van der Waals surface area (Å²) in [5.74, 6) is -0.107. The van der Waals surface area contributed by atoms with Crippen LogP contribution in [0.2, 0.25) is 0 Å². The number of carbonyl (C=O) groups is 2. The monoisotopic (exact) mass is 303 g/mol. The van der Waals surface area contributed by atoms with Gasteiger partial charge in [0.15, 0.2) is 6.29 Å². The van der Waals surface area contributed by atoms with Crippen LogP contribution in [0.3, 0.4) is 0 Å². The molecule has 2 rings (SSSR count). The first-order valence-electron chi connectivity index (χ1n) is 6.25. The summed E-state index contributed by atoms with van der Waals surface area (Å²) in [6.45, 7) is 2.18. The van der Waals surface area contributed by atoms with E-state index in [0.29, 0.717) is 23.6 Å². The second-order valence-electron chi connectivity index (χ2n) is 4.23. The van der Waals surface area contributed by atoms with Crippen molar-refractivity contribution in [2.45, 2.75) is 32.1 Å². The summed E-state index contributed by atoms with van der Waals surface area (Å²) < 4.78 is 14.7. The average Bonchev–Trinajstić information content (AvgIpc) is 2.90. The molecular weight excluding hydrogens is 285 g/mol. The first kappa shape index (κ1) is 16.6. The number of aryl methyl sites for hydroxylation is 1. The molecule has 7 heteroatoms. The van der Waals surface area contributed by atoms with Gasteiger partial charge < -0.3 is 10.5 Å². The summed E-state index contributed by atoms with van der Waals surface area (Å²) in [6.07, 6.45) is 2.95. The van der Waals surface area contributed by atoms with Gasteiger partial charge in [0.05, 0.1) is 30.7 Å². The van der Waals surface area contributed by atoms with E-state index in [9.17, 15) is 14.1 Å². The highest BCUT2D eigenvalue weighted by Crippen LogP contribution is 2.44. The van der Waals surface area contributed by atoms with Crippen LogP contribution >= 0.6 is 11.3 Å². The third-order valence-electron chi connectivity index (χ3n) is 3.05. The van der Waals surface area contributed by atoms with E-state index in [0.717, 1.165) is 36.7 Å². The van der Waals surface area contributed by atoms with Crippen molar-refractivity contribution in [3.05, 3.63) is 16.0 Å². The third-order valence-corrected chi connectivity index (χ3v) is 4.16. The van der Waals surface area contributed by atoms with Crippen LogP contribution in [-0.2, 0) is 20.9 Å². The van der Waals surface area contributed by atoms with Gasteiger partial charge >= 0.3 is 5.97 Å². The predicted molar refractivity (Wildman–Crippen MR) is 74.5 cm³/mol. The van der Waals surface area contributed by atoms with Gasteiger partial charge in [0.2, 0.25) is 0 Å². The molecular formula is C13H18FNO4S. The van der Waals surface area contributed by atoms with Crippen LogP contribution in [0.15, 0.2) is 0 Å². The van der Waals surface area contributed by atoms with Crippen LogP contribution in [0, 0.1) is 0 Å². The van der Waals surface area contributed by atoms with E-state index in [1.54, 1.807) is 6.92 Å². The molecule has 1 heterocycles. The normalized spacial score (nSPS) is 16.1. The molecule has 1 unspecified atom stereocenters. The largest absolute Gasteiger partial charge is 0.466 e. The molecule has 0 fully saturated rings. The van der Waals surface area contributed by atoms with Crippen molar-refractivity contribution in [2.24, 2.45) is 0 Å². The number of fused-ring (bicyclic) bond motifs is 1. The quantitative estimate of drug-likeness (QED) is 0.683. The Labute approximate surface area is 120 Å². The maximum absolute atomic E-state index is 11.5. The number of esters is 1. The molecule has 0 saturated heterocycles. The molecule has 0 spiro atoms. The summed E-state index contributed by atoms with van der Waals surface area (Å²) in [5, 5.41) is 0.568. The number of hydrogen-bond acceptors (Lipinski definition) is 6. The third kappa shape index (κ3) is 3.77. The van der Waals surface area contributed by atoms with E-state index in [1.165, 1.54) is 11.3 Å². The number of rotatable bonds is 4. The maximum Gasteiger partial charge on any atom is 0.306 e. The summed E-state index contributed by atoms with van der Waals surface area (Å²) in [4.78, 5) is 26.4. The lowest BCUT2D eigenvalue weighted by molar-refractivity contribution is -0.143. The molecule has 0 aliphatic heterocycles. The second-order valence-corrected chi connectivity index (χ2v) is 5.37. The number of nitrogen functional groups attached to an aromatic ring is 1. The SMILES string of the molecule is CCOC(=O)CC1CCc2sc(N)c(C=O)c21.COF. The van der Waals surface area contributed by atoms with Crippen molar-refractivity contribution < 1.29 is 23.8 Å². The highest BCUT2D eigenvalue weighted by Gasteiger charge is 2.31. The van der Waals surface area contributed by atoms with E-state index < -0.39 is 0 Å². The first-order chi connectivity index (χ1) is 9.58. The fraction of sp³-hybridized carbons (Fsp3) is 0.538. The molecule has 0 bridgehead atoms. The second kappa shape index (κ2) is 7.96. The van der Waals surface area contributed by atoms with Gasteiger partial charge in [-0.1, -0.05) is 0 Å². The molecule has 1 aromatic rings. The Balaban J connectivity index is 0.000000612. The standard InChI is InChI=1S/C12H15NO3S.CH3FO/c1-2-16-10(15)5-7-3-4-9-11(7)8(6-14)12(13)17-9;1-3-2/h6-7H,2-5,13H2,1H3;1H3. The highest BCUT2D eigenvalue weighted by molar-refractivity contribution is 7.16. The van der Waals surface area contributed by atoms with Crippen molar-refractivity contribution in [1.82, 2.24) is 0 Å². The molecule has 0 radical (unpaired) electrons. The van der Waals surface area contributed by atoms with Crippen molar-refractivity contribution in [3.63, 3.8) is 0 Å². The van der Waals surface area contributed by atoms with E-state index in [2.05, 4.69) is 4.94 Å². The van der Waals surface area contributed by atoms with E-state index in [1.807, 2.05) is 0 Å². The molecule has 1 aliphatic carbocycles. The molecule has 1 aliphatic rings. The average molecular weight is 303 g/mol. The van der Waals surface area contributed by atoms with Crippen LogP contribution in [0.1, 0.15) is 46.5 Å². The van der Waals surface area contributed by atoms with Crippen LogP contribution in [-0.4, -0.2) is 26.0 Å². The maximum atomic E-state index is 11.5. The van der Waals surface area contributed by atoms with Crippen LogP contribution in [0.4, 0.5) is 9.53 Å². The van der Waals surface area contributed by atoms with Gasteiger partial charge in [-0.25, -0.2) is 0 Å². The van der Waals surface area contributed by atoms with Crippen LogP contribution in [0.25, 0.3) is 0 Å². The van der Waals surface area contributed by atoms with Crippen LogP contribution < -0.4 is 5.73 Å². The number of thiophene rings is 1. The molecule has 1 aromatic heterocycles. The number of hydrogen-bond donors (Lipinski definition) is 1. The smallest absolute Gasteiger partial charge is 0.306 e. The molecule has 2 N–H and O–H groups in total. The summed E-state index contributed by atoms with van der Waals surface area (Å²) in [5.41, 5.74) is 7.35. The molecule has 0 aromatic carbocycles. The Hall–Kier alpha value is -1.47. The van der Waals surface area contributed by atoms with E-state index >= 15 is 0 Å². The minimum atomic E-state index is -0.202. The number of aldehydes is 1. The van der Waals surface area contributed by atoms with Gasteiger partial charge in [0, 0.05) is 4.88 Å². The van der Waals surface area contributed by atoms with Gasteiger partial charge in [0.1, 0.15) is 0 Å². The molecule has 1 atom stereocenters. The van der Waals surface area contributed by atoms with Crippen molar-refractivity contribution in [1.29, 1.82) is 0 Å². The lowest BCUT2D eigenvalue weighted by atomic mass is 9.96. The number of nitrogens with two attached hydrogens (primary N) is 1. The van der Waals surface area contributed by atoms with Crippen LogP contribution in [0.5, 0.6) is 0 Å². The lowest BCUT2D eigenvalue weighted by Crippen LogP contribution is -2.09. The Bertz CT molecular complexity index is 475. The minimum absolute atomic E-state index is 0.0952. The Morgan fingerprint density at radius 2 is 2.25 bits per heavy atom. The topological polar surface area (TPSA) is 78.6 Å². The molecule has 0 saturated carbocycles. The summed E-state index contributed by atoms with van der Waals surface area (Å²) in [7, 11) is 0.958. The van der Waals surface area contributed by atoms with Crippen molar-refractivity contribution >= 4 is 28.6 Å². The fourth-order valence-electron chi connectivity index (χ4n) is 2.36. The van der Waals surface area contributed by atoms with Gasteiger partial charge in [-0.15, -0.1) is 11.3 Å². The van der Waals surface area contributed by atoms with Gasteiger partial charge in [-0.3, -0.25) is 9.59 Å². The molecule has 112 valence electrons. The van der Waals surface area contributed by atoms with Crippen molar-refractivity contribution in [2.75, 3.05) is 19.5 Å². The number of halogens is 1. The zero-order valence-corrected chi connectivity index (χ0v) is 12.3. The Morgan fingerprint density at radius 1 is 1.60 bits per heavy atom. The Kier molecular flexibility index (Phi) is 6.60. The van der Waals surface area contributed by atoms with Gasteiger partial charge in [0.25, 0.3) is 0 Å². The lowest BCUT2D eigenvalue weighted by Gasteiger charge is -2.10. The minimum Gasteiger partial charge on any atom is -0.466 e. The number of anilines is 1. The number of ether oxygens (including phenoxy) is 1. The predicted octanol–water partition coefficient (Wildman–Crippen LogP) is 2.64. The number of carbonyl (C=O) groups excluding carboxylic acids is 2. The van der Waals surface area contributed by atoms with E-state index in [-0.39, 0.29) is 11.9 Å². The fourth-order valence-corrected chi connectivity index (χ4v) is 3.50. The van der Waals surface area contributed by atoms with Gasteiger partial charge in [-0.05, 0) is 35.8 Å². The van der Waals surface area contributed by atoms with Crippen molar-refractivity contribution in [3.8, 4) is 0 Å². The molecule has 20 heavy (non-hydrogen) atoms. The highest BCUT2D eigenvalue weighted by atomic mass is 32.1. The molecule has 0 amide bonds. The summed E-state index contributed by atoms with van der Waals surface area (Å²) >= 11 is 1.47. The summed E-state index contributed by atoms with van der Waals surface area (Å²) in [6, 6.07) is 0. The van der Waals surface area contributed by atoms with Gasteiger partial charge in [-0.2, -0.15) is 4.94 Å². The van der Waals surface area contributed by atoms with E-state index in [4.69, 9.17) is 10.5 Å². The first-order valence-corrected chi connectivity index (χ1v) is 7.07. The zero-order chi connectivity index (χ0) is 15.1. The zero-order valence-electron chi connectivity index (χ0n) is 11.5. The molecule has 5 nitrogen and oxygen atoms in total.